The van der Waals surface area contributed by atoms with Gasteiger partial charge in [-0.15, -0.1) is 0 Å². The third-order valence-electron chi connectivity index (χ3n) is 2.83. The number of aryl methyl sites for hydroxylation is 2. The normalized spacial score (nSPS) is 10.8. The maximum absolute atomic E-state index is 13.6. The Morgan fingerprint density at radius 1 is 1.47 bits per heavy atom. The minimum Gasteiger partial charge on any atom is -0.377 e. The van der Waals surface area contributed by atoms with Crippen molar-refractivity contribution in [3.8, 4) is 0 Å². The lowest BCUT2D eigenvalue weighted by Gasteiger charge is -2.10. The zero-order valence-electron chi connectivity index (χ0n) is 10.7. The number of anilines is 1. The molecule has 1 aromatic carbocycles. The molecule has 0 saturated heterocycles. The Hall–Kier alpha value is -1.07. The second-order valence-electron chi connectivity index (χ2n) is 4.14. The van der Waals surface area contributed by atoms with Gasteiger partial charge in [-0.25, -0.2) is 4.39 Å². The van der Waals surface area contributed by atoms with Gasteiger partial charge in [0, 0.05) is 11.6 Å². The minimum atomic E-state index is -0.320. The van der Waals surface area contributed by atoms with Gasteiger partial charge in [-0.1, -0.05) is 11.6 Å². The summed E-state index contributed by atoms with van der Waals surface area (Å²) in [6, 6.07) is 4.45. The van der Waals surface area contributed by atoms with Crippen LogP contribution in [0.4, 0.5) is 10.1 Å². The van der Waals surface area contributed by atoms with E-state index in [0.29, 0.717) is 17.3 Å². The molecule has 0 spiro atoms. The average Bonchev–Trinajstić information content (AvgIpc) is 2.66. The molecule has 2 aromatic rings. The number of benzene rings is 1. The molecule has 0 saturated carbocycles. The largest absolute Gasteiger partial charge is 0.377 e. The highest BCUT2D eigenvalue weighted by molar-refractivity contribution is 9.10. The van der Waals surface area contributed by atoms with Crippen molar-refractivity contribution in [1.29, 1.82) is 0 Å². The Kier molecular flexibility index (Phi) is 4.47. The van der Waals surface area contributed by atoms with Crippen LogP contribution >= 0.6 is 27.5 Å². The summed E-state index contributed by atoms with van der Waals surface area (Å²) in [5.74, 6) is -0.320. The molecule has 0 amide bonds. The SMILES string of the molecule is CCn1nc(C)c(Br)c1CNc1cc(Cl)ccc1F. The number of nitrogens with zero attached hydrogens (tertiary/aromatic N) is 2. The molecule has 0 aliphatic heterocycles. The third-order valence-corrected chi connectivity index (χ3v) is 4.09. The molecule has 2 rings (SSSR count). The number of hydrogen-bond acceptors (Lipinski definition) is 2. The third kappa shape index (κ3) is 3.09. The van der Waals surface area contributed by atoms with Gasteiger partial charge in [0.05, 0.1) is 28.1 Å². The lowest BCUT2D eigenvalue weighted by molar-refractivity contribution is 0.616. The highest BCUT2D eigenvalue weighted by atomic mass is 79.9. The number of aromatic nitrogens is 2. The lowest BCUT2D eigenvalue weighted by atomic mass is 10.3. The van der Waals surface area contributed by atoms with Crippen LogP contribution in [0, 0.1) is 12.7 Å². The van der Waals surface area contributed by atoms with Crippen LogP contribution in [0.15, 0.2) is 22.7 Å². The molecule has 6 heteroatoms. The van der Waals surface area contributed by atoms with Crippen LogP contribution in [0.5, 0.6) is 0 Å². The Labute approximate surface area is 124 Å². The first-order valence-corrected chi connectivity index (χ1v) is 7.10. The van der Waals surface area contributed by atoms with Crippen molar-refractivity contribution in [3.05, 3.63) is 44.9 Å². The first kappa shape index (κ1) is 14.3. The summed E-state index contributed by atoms with van der Waals surface area (Å²) in [4.78, 5) is 0. The Bertz CT molecular complexity index is 598. The Morgan fingerprint density at radius 3 is 2.89 bits per heavy atom. The molecule has 0 atom stereocenters. The molecule has 0 bridgehead atoms. The summed E-state index contributed by atoms with van der Waals surface area (Å²) in [5.41, 5.74) is 2.30. The molecular formula is C13H14BrClFN3. The van der Waals surface area contributed by atoms with Crippen LogP contribution < -0.4 is 5.32 Å². The molecule has 0 radical (unpaired) electrons. The highest BCUT2D eigenvalue weighted by Crippen LogP contribution is 2.24. The molecule has 1 heterocycles. The standard InChI is InChI=1S/C13H14BrClFN3/c1-3-19-12(13(14)8(2)18-19)7-17-11-6-9(15)4-5-10(11)16/h4-6,17H,3,7H2,1-2H3. The molecule has 0 aliphatic carbocycles. The van der Waals surface area contributed by atoms with Crippen molar-refractivity contribution in [1.82, 2.24) is 9.78 Å². The molecular weight excluding hydrogens is 333 g/mol. The first-order chi connectivity index (χ1) is 9.02. The Morgan fingerprint density at radius 2 is 2.21 bits per heavy atom. The van der Waals surface area contributed by atoms with E-state index < -0.39 is 0 Å². The fourth-order valence-electron chi connectivity index (χ4n) is 1.85. The molecule has 3 nitrogen and oxygen atoms in total. The fourth-order valence-corrected chi connectivity index (χ4v) is 2.45. The van der Waals surface area contributed by atoms with E-state index in [0.717, 1.165) is 22.4 Å². The van der Waals surface area contributed by atoms with E-state index >= 15 is 0 Å². The number of nitrogens with one attached hydrogen (secondary N) is 1. The lowest BCUT2D eigenvalue weighted by Crippen LogP contribution is -2.09. The average molecular weight is 347 g/mol. The van der Waals surface area contributed by atoms with Crippen LogP contribution in [-0.2, 0) is 13.1 Å². The zero-order valence-corrected chi connectivity index (χ0v) is 13.0. The summed E-state index contributed by atoms with van der Waals surface area (Å²) in [5, 5.41) is 7.94. The summed E-state index contributed by atoms with van der Waals surface area (Å²) in [7, 11) is 0. The number of halogens is 3. The second-order valence-corrected chi connectivity index (χ2v) is 5.37. The van der Waals surface area contributed by atoms with Gasteiger partial charge in [-0.05, 0) is 48.0 Å². The van der Waals surface area contributed by atoms with Crippen LogP contribution in [-0.4, -0.2) is 9.78 Å². The summed E-state index contributed by atoms with van der Waals surface area (Å²) >= 11 is 9.36. The second kappa shape index (κ2) is 5.92. The van der Waals surface area contributed by atoms with Gasteiger partial charge in [0.2, 0.25) is 0 Å². The van der Waals surface area contributed by atoms with Crippen LogP contribution in [0.1, 0.15) is 18.3 Å². The molecule has 0 fully saturated rings. The minimum absolute atomic E-state index is 0.320. The number of rotatable bonds is 4. The molecule has 102 valence electrons. The molecule has 1 N–H and O–H groups in total. The van der Waals surface area contributed by atoms with Crippen LogP contribution in [0.2, 0.25) is 5.02 Å². The molecule has 1 aromatic heterocycles. The van der Waals surface area contributed by atoms with Gasteiger partial charge in [0.15, 0.2) is 0 Å². The highest BCUT2D eigenvalue weighted by Gasteiger charge is 2.12. The van der Waals surface area contributed by atoms with E-state index in [-0.39, 0.29) is 5.82 Å². The van der Waals surface area contributed by atoms with E-state index in [1.54, 1.807) is 6.07 Å². The van der Waals surface area contributed by atoms with Crippen LogP contribution in [0.3, 0.4) is 0 Å². The first-order valence-electron chi connectivity index (χ1n) is 5.93. The van der Waals surface area contributed by atoms with Crippen molar-refractivity contribution in [3.63, 3.8) is 0 Å². The van der Waals surface area contributed by atoms with Crippen molar-refractivity contribution < 1.29 is 4.39 Å². The zero-order chi connectivity index (χ0) is 14.0. The van der Waals surface area contributed by atoms with Gasteiger partial charge >= 0.3 is 0 Å². The van der Waals surface area contributed by atoms with Crippen molar-refractivity contribution in [2.75, 3.05) is 5.32 Å². The predicted molar refractivity (Wildman–Crippen MR) is 79.1 cm³/mol. The van der Waals surface area contributed by atoms with Gasteiger partial charge in [-0.3, -0.25) is 4.68 Å². The summed E-state index contributed by atoms with van der Waals surface area (Å²) < 4.78 is 16.4. The van der Waals surface area contributed by atoms with E-state index in [9.17, 15) is 4.39 Å². The van der Waals surface area contributed by atoms with E-state index in [1.807, 2.05) is 18.5 Å². The van der Waals surface area contributed by atoms with Crippen molar-refractivity contribution in [2.45, 2.75) is 26.9 Å². The molecule has 19 heavy (non-hydrogen) atoms. The Balaban J connectivity index is 2.21. The maximum atomic E-state index is 13.6. The monoisotopic (exact) mass is 345 g/mol. The maximum Gasteiger partial charge on any atom is 0.146 e. The van der Waals surface area contributed by atoms with Crippen molar-refractivity contribution >= 4 is 33.2 Å². The van der Waals surface area contributed by atoms with E-state index in [2.05, 4.69) is 26.3 Å². The van der Waals surface area contributed by atoms with Gasteiger partial charge < -0.3 is 5.32 Å². The summed E-state index contributed by atoms with van der Waals surface area (Å²) in [6.45, 7) is 5.19. The summed E-state index contributed by atoms with van der Waals surface area (Å²) in [6.07, 6.45) is 0. The topological polar surface area (TPSA) is 29.9 Å². The van der Waals surface area contributed by atoms with E-state index in [4.69, 9.17) is 11.6 Å². The van der Waals surface area contributed by atoms with Gasteiger partial charge in [0.1, 0.15) is 5.82 Å². The quantitative estimate of drug-likeness (QED) is 0.890. The predicted octanol–water partition coefficient (Wildman–Crippen LogP) is 4.38. The fraction of sp³-hybridized carbons (Fsp3) is 0.308. The smallest absolute Gasteiger partial charge is 0.146 e. The van der Waals surface area contributed by atoms with Crippen LogP contribution in [0.25, 0.3) is 0 Å². The molecule has 0 aliphatic rings. The van der Waals surface area contributed by atoms with Gasteiger partial charge in [-0.2, -0.15) is 5.10 Å². The van der Waals surface area contributed by atoms with E-state index in [1.165, 1.54) is 12.1 Å². The number of hydrogen-bond donors (Lipinski definition) is 1. The molecule has 0 unspecified atom stereocenters. The van der Waals surface area contributed by atoms with Gasteiger partial charge in [0.25, 0.3) is 0 Å². The van der Waals surface area contributed by atoms with Crippen molar-refractivity contribution in [2.24, 2.45) is 0 Å².